The third kappa shape index (κ3) is 17.1. The van der Waals surface area contributed by atoms with Gasteiger partial charge in [-0.2, -0.15) is 0 Å². The fourth-order valence-electron chi connectivity index (χ4n) is 7.30. The van der Waals surface area contributed by atoms with Crippen LogP contribution in [0.4, 0.5) is 10.5 Å². The summed E-state index contributed by atoms with van der Waals surface area (Å²) in [5.74, 6) is -0.541. The Morgan fingerprint density at radius 1 is 0.594 bits per heavy atom. The average Bonchev–Trinajstić information content (AvgIpc) is 3.58. The van der Waals surface area contributed by atoms with Crippen LogP contribution in [0.5, 0.6) is 11.8 Å². The van der Waals surface area contributed by atoms with E-state index >= 15 is 0 Å². The van der Waals surface area contributed by atoms with Crippen LogP contribution in [-0.2, 0) is 62.3 Å². The Kier molecular flexibility index (Phi) is 26.6. The largest absolute Gasteiger partial charge is 0.500 e. The van der Waals surface area contributed by atoms with Gasteiger partial charge in [-0.05, 0) is 51.4 Å². The van der Waals surface area contributed by atoms with Crippen LogP contribution < -0.4 is 27.3 Å². The van der Waals surface area contributed by atoms with Gasteiger partial charge < -0.3 is 42.1 Å². The summed E-state index contributed by atoms with van der Waals surface area (Å²) in [5.41, 5.74) is -1.85. The Morgan fingerprint density at radius 3 is 1.41 bits per heavy atom. The molecule has 0 aliphatic carbocycles. The lowest BCUT2D eigenvalue weighted by atomic mass is 10.2. The van der Waals surface area contributed by atoms with E-state index in [0.29, 0.717) is 102 Å². The van der Waals surface area contributed by atoms with Gasteiger partial charge in [-0.15, -0.1) is 0 Å². The summed E-state index contributed by atoms with van der Waals surface area (Å²) in [4.78, 5) is 83.3. The smallest absolute Gasteiger partial charge is 0.494 e. The standard InChI is InChI=1S/C40H70N8O14Si2/c1-57-63(58-2,59-3)29-19-27-44(34-31-35(51)45(36(34)52)28-20-30-64(60-4,61-5)62-6)37(53)43-23-15-9-12-18-26-48-39(55)46(24-16-10-7-13-21-41-32-49)38(54)47(40(48)56)25-17-11-8-14-22-42-33-50/h31,51-52H,7-30H2,1-6H3,(H,43,53). The van der Waals surface area contributed by atoms with Crippen LogP contribution in [0.25, 0.3) is 0 Å². The molecule has 2 aromatic heterocycles. The van der Waals surface area contributed by atoms with Crippen molar-refractivity contribution < 1.29 is 51.2 Å². The van der Waals surface area contributed by atoms with E-state index in [1.54, 1.807) is 0 Å². The Bertz CT molecular complexity index is 1880. The lowest BCUT2D eigenvalue weighted by molar-refractivity contribution is 0.122. The minimum atomic E-state index is -2.99. The Morgan fingerprint density at radius 2 is 0.984 bits per heavy atom. The molecule has 2 heterocycles. The molecule has 0 aromatic carbocycles. The lowest BCUT2D eigenvalue weighted by Gasteiger charge is -2.27. The molecule has 3 N–H and O–H groups in total. The average molecular weight is 943 g/mol. The second kappa shape index (κ2) is 30.6. The summed E-state index contributed by atoms with van der Waals surface area (Å²) in [7, 11) is 3.10. The van der Waals surface area contributed by atoms with Gasteiger partial charge in [0.05, 0.1) is 13.1 Å². The number of nitrogens with zero attached hydrogens (tertiary/aromatic N) is 7. The topological polar surface area (TPSA) is 258 Å². The molecule has 0 aliphatic rings. The van der Waals surface area contributed by atoms with E-state index in [1.165, 1.54) is 70.4 Å². The molecule has 2 aromatic rings. The minimum absolute atomic E-state index is 0.103. The molecule has 0 spiro atoms. The molecule has 0 saturated heterocycles. The number of carbonyl (C=O) groups is 1. The van der Waals surface area contributed by atoms with Crippen LogP contribution in [0, 0.1) is 0 Å². The van der Waals surface area contributed by atoms with E-state index in [0.717, 1.165) is 26.5 Å². The maximum absolute atomic E-state index is 13.7. The summed E-state index contributed by atoms with van der Waals surface area (Å²) >= 11 is 0. The number of urea groups is 1. The van der Waals surface area contributed by atoms with Crippen molar-refractivity contribution >= 4 is 41.5 Å². The number of anilines is 1. The second-order valence-electron chi connectivity index (χ2n) is 15.0. The van der Waals surface area contributed by atoms with E-state index < -0.39 is 40.7 Å². The van der Waals surface area contributed by atoms with Gasteiger partial charge in [0.15, 0.2) is 5.88 Å². The fourth-order valence-corrected chi connectivity index (χ4v) is 10.7. The zero-order valence-electron chi connectivity index (χ0n) is 38.5. The summed E-state index contributed by atoms with van der Waals surface area (Å²) in [6.45, 7) is 1.71. The van der Waals surface area contributed by atoms with E-state index in [-0.39, 0.29) is 56.7 Å². The van der Waals surface area contributed by atoms with Crippen LogP contribution in [0.15, 0.2) is 30.4 Å². The number of aliphatic imine (C=N–C) groups is 2. The maximum atomic E-state index is 13.7. The van der Waals surface area contributed by atoms with Gasteiger partial charge >= 0.3 is 40.7 Å². The fraction of sp³-hybridized carbons (Fsp3) is 0.750. The van der Waals surface area contributed by atoms with Crippen LogP contribution in [0.2, 0.25) is 12.1 Å². The van der Waals surface area contributed by atoms with Crippen molar-refractivity contribution in [1.82, 2.24) is 23.6 Å². The molecule has 2 amide bonds. The van der Waals surface area contributed by atoms with Crippen LogP contribution >= 0.6 is 0 Å². The first-order valence-electron chi connectivity index (χ1n) is 21.9. The van der Waals surface area contributed by atoms with E-state index in [1.807, 2.05) is 0 Å². The monoisotopic (exact) mass is 942 g/mol. The molecule has 0 unspecified atom stereocenters. The van der Waals surface area contributed by atoms with Gasteiger partial charge in [0.25, 0.3) is 0 Å². The van der Waals surface area contributed by atoms with E-state index in [2.05, 4.69) is 15.3 Å². The molecule has 0 saturated carbocycles. The predicted molar refractivity (Wildman–Crippen MR) is 242 cm³/mol. The number of aromatic hydroxyl groups is 2. The predicted octanol–water partition coefficient (Wildman–Crippen LogP) is 3.49. The first-order valence-corrected chi connectivity index (χ1v) is 25.7. The number of rotatable bonds is 36. The van der Waals surface area contributed by atoms with Gasteiger partial charge in [-0.1, -0.05) is 38.5 Å². The van der Waals surface area contributed by atoms with Crippen LogP contribution in [0.1, 0.15) is 89.9 Å². The molecule has 0 atom stereocenters. The highest BCUT2D eigenvalue weighted by atomic mass is 28.4. The molecule has 22 nitrogen and oxygen atoms in total. The lowest BCUT2D eigenvalue weighted by Crippen LogP contribution is -2.54. The molecule has 24 heteroatoms. The van der Waals surface area contributed by atoms with Crippen LogP contribution in [0.3, 0.4) is 0 Å². The Labute approximate surface area is 376 Å². The van der Waals surface area contributed by atoms with Crippen molar-refractivity contribution in [3.05, 3.63) is 37.5 Å². The van der Waals surface area contributed by atoms with Gasteiger partial charge in [0.2, 0.25) is 18.0 Å². The third-order valence-corrected chi connectivity index (χ3v) is 16.7. The van der Waals surface area contributed by atoms with Crippen LogP contribution in [-0.4, -0.2) is 133 Å². The molecular formula is C40H70N8O14Si2. The Balaban J connectivity index is 2.13. The molecule has 0 fully saturated rings. The molecule has 0 radical (unpaired) electrons. The first-order chi connectivity index (χ1) is 30.9. The number of amides is 2. The number of hydrogen-bond acceptors (Lipinski definition) is 16. The summed E-state index contributed by atoms with van der Waals surface area (Å²) in [6, 6.07) is 1.61. The maximum Gasteiger partial charge on any atom is 0.500 e. The number of nitrogens with one attached hydrogen (secondary N) is 1. The van der Waals surface area contributed by atoms with Gasteiger partial charge in [0.1, 0.15) is 5.69 Å². The van der Waals surface area contributed by atoms with Gasteiger partial charge in [-0.25, -0.2) is 52.5 Å². The van der Waals surface area contributed by atoms with E-state index in [9.17, 15) is 39.0 Å². The number of carbonyl (C=O) groups excluding carboxylic acids is 3. The molecule has 2 rings (SSSR count). The first kappa shape index (κ1) is 55.6. The minimum Gasteiger partial charge on any atom is -0.494 e. The zero-order valence-corrected chi connectivity index (χ0v) is 40.5. The third-order valence-electron chi connectivity index (χ3n) is 11.1. The quantitative estimate of drug-likeness (QED) is 0.0383. The summed E-state index contributed by atoms with van der Waals surface area (Å²) in [6.07, 6.45) is 11.5. The van der Waals surface area contributed by atoms with E-state index in [4.69, 9.17) is 26.6 Å². The highest BCUT2D eigenvalue weighted by molar-refractivity contribution is 6.60. The summed E-state index contributed by atoms with van der Waals surface area (Å²) in [5, 5.41) is 25.1. The number of aromatic nitrogens is 4. The highest BCUT2D eigenvalue weighted by Gasteiger charge is 2.38. The highest BCUT2D eigenvalue weighted by Crippen LogP contribution is 2.36. The van der Waals surface area contributed by atoms with Gasteiger partial charge in [0, 0.05) is 100 Å². The van der Waals surface area contributed by atoms with Crippen molar-refractivity contribution in [1.29, 1.82) is 0 Å². The Hall–Kier alpha value is -4.49. The van der Waals surface area contributed by atoms with Crippen molar-refractivity contribution in [2.75, 3.05) is 73.7 Å². The molecule has 0 bridgehead atoms. The van der Waals surface area contributed by atoms with Crippen molar-refractivity contribution in [3.8, 4) is 11.8 Å². The number of hydrogen-bond donors (Lipinski definition) is 3. The normalized spacial score (nSPS) is 11.7. The summed E-state index contributed by atoms with van der Waals surface area (Å²) < 4.78 is 37.8. The molecule has 362 valence electrons. The van der Waals surface area contributed by atoms with Crippen molar-refractivity contribution in [2.24, 2.45) is 9.98 Å². The van der Waals surface area contributed by atoms with Crippen molar-refractivity contribution in [2.45, 2.75) is 128 Å². The number of unbranched alkanes of at least 4 members (excludes halogenated alkanes) is 9. The molecule has 0 aliphatic heterocycles. The molecular weight excluding hydrogens is 873 g/mol. The molecule has 64 heavy (non-hydrogen) atoms. The number of isocyanates is 2. The second-order valence-corrected chi connectivity index (χ2v) is 21.2. The zero-order chi connectivity index (χ0) is 47.4. The SMILES string of the molecule is CO[Si](CCCN(C(=O)NCCCCCCn1c(=O)n(CCCCCCN=C=O)c(=O)n(CCCCCCN=C=O)c1=O)c1cc(O)n(CCC[Si](OC)(OC)OC)c1O)(OC)OC. The van der Waals surface area contributed by atoms with Gasteiger partial charge in [-0.3, -0.25) is 9.47 Å². The van der Waals surface area contributed by atoms with Crippen molar-refractivity contribution in [3.63, 3.8) is 0 Å².